The largest absolute Gasteiger partial charge is 0.496 e. The Kier molecular flexibility index (Phi) is 9.43. The molecule has 6 rings (SSSR count). The van der Waals surface area contributed by atoms with Gasteiger partial charge in [0.15, 0.2) is 5.78 Å². The Labute approximate surface area is 265 Å². The number of Topliss-reactive ketones (excluding diaryl/α,β-unsaturated/α-hetero) is 1. The van der Waals surface area contributed by atoms with E-state index in [1.54, 1.807) is 30.2 Å². The predicted molar refractivity (Wildman–Crippen MR) is 169 cm³/mol. The highest BCUT2D eigenvalue weighted by molar-refractivity contribution is 6.01. The lowest BCUT2D eigenvalue weighted by Crippen LogP contribution is -2.62. The van der Waals surface area contributed by atoms with Crippen LogP contribution >= 0.6 is 0 Å². The zero-order chi connectivity index (χ0) is 32.8. The van der Waals surface area contributed by atoms with Crippen LogP contribution in [0.4, 0.5) is 0 Å². The van der Waals surface area contributed by atoms with Gasteiger partial charge in [-0.3, -0.25) is 19.2 Å². The van der Waals surface area contributed by atoms with Crippen molar-refractivity contribution in [1.82, 2.24) is 15.7 Å². The topological polar surface area (TPSA) is 137 Å². The van der Waals surface area contributed by atoms with Crippen molar-refractivity contribution < 1.29 is 34.2 Å². The van der Waals surface area contributed by atoms with E-state index in [0.717, 1.165) is 6.42 Å². The number of methoxy groups -OCH3 is 1. The van der Waals surface area contributed by atoms with Gasteiger partial charge >= 0.3 is 0 Å². The molecule has 10 nitrogen and oxygen atoms in total. The molecule has 45 heavy (non-hydrogen) atoms. The van der Waals surface area contributed by atoms with E-state index in [0.29, 0.717) is 51.3 Å². The molecule has 3 aliphatic carbocycles. The zero-order valence-electron chi connectivity index (χ0n) is 27.3. The number of carbonyl (C=O) groups is 3. The fourth-order valence-corrected chi connectivity index (χ4v) is 8.09. The number of rotatable bonds is 10. The van der Waals surface area contributed by atoms with Crippen molar-refractivity contribution in [3.63, 3.8) is 0 Å². The first-order valence-electron chi connectivity index (χ1n) is 15.9. The molecular weight excluding hydrogens is 574 g/mol. The molecule has 1 heterocycles. The molecule has 3 saturated carbocycles. The van der Waals surface area contributed by atoms with Gasteiger partial charge in [-0.1, -0.05) is 39.0 Å². The molecule has 0 unspecified atom stereocenters. The second-order valence-corrected chi connectivity index (χ2v) is 13.7. The molecule has 10 heteroatoms. The fraction of sp³-hybridized carbons (Fsp3) is 0.571. The average Bonchev–Trinajstić information content (AvgIpc) is 3.39. The highest BCUT2D eigenvalue weighted by atomic mass is 16.7. The molecule has 1 aliphatic heterocycles. The number of ketones is 1. The van der Waals surface area contributed by atoms with E-state index in [9.17, 15) is 24.6 Å². The van der Waals surface area contributed by atoms with Crippen LogP contribution in [0.3, 0.4) is 0 Å². The number of para-hydroxylation sites is 1. The van der Waals surface area contributed by atoms with Crippen LogP contribution in [0.1, 0.15) is 73.7 Å². The number of amides is 2. The number of nitrogens with one attached hydrogen (secondary N) is 2. The van der Waals surface area contributed by atoms with Gasteiger partial charge in [-0.25, -0.2) is 0 Å². The fourth-order valence-electron chi connectivity index (χ4n) is 8.09. The van der Waals surface area contributed by atoms with Gasteiger partial charge in [0.1, 0.15) is 17.9 Å². The normalized spacial score (nSPS) is 29.4. The maximum Gasteiger partial charge on any atom is 0.251 e. The lowest BCUT2D eigenvalue weighted by atomic mass is 9.45. The van der Waals surface area contributed by atoms with Gasteiger partial charge in [-0.05, 0) is 73.6 Å². The third-order valence-corrected chi connectivity index (χ3v) is 10.8. The Bertz CT molecular complexity index is 1460. The van der Waals surface area contributed by atoms with Gasteiger partial charge in [-0.2, -0.15) is 5.06 Å². The zero-order valence-corrected chi connectivity index (χ0v) is 27.3. The monoisotopic (exact) mass is 621 g/mol. The van der Waals surface area contributed by atoms with Gasteiger partial charge in [-0.15, -0.1) is 0 Å². The number of fused-ring (bicyclic) bond motifs is 2. The average molecular weight is 622 g/mol. The van der Waals surface area contributed by atoms with Crippen LogP contribution < -0.4 is 15.4 Å². The summed E-state index contributed by atoms with van der Waals surface area (Å²) in [4.78, 5) is 45.1. The van der Waals surface area contributed by atoms with Crippen LogP contribution in [0, 0.1) is 29.1 Å². The molecule has 244 valence electrons. The number of aliphatic hydroxyl groups excluding tert-OH is 2. The maximum absolute atomic E-state index is 14.1. The first-order chi connectivity index (χ1) is 21.3. The Balaban J connectivity index is 1.47. The molecule has 8 atom stereocenters. The third kappa shape index (κ3) is 6.01. The molecule has 2 aromatic rings. The predicted octanol–water partition coefficient (Wildman–Crippen LogP) is 3.59. The molecule has 2 bridgehead atoms. The van der Waals surface area contributed by atoms with Crippen LogP contribution in [0.2, 0.25) is 0 Å². The minimum Gasteiger partial charge on any atom is -0.496 e. The van der Waals surface area contributed by atoms with Crippen molar-refractivity contribution >= 4 is 17.6 Å². The first kappa shape index (κ1) is 33.1. The highest BCUT2D eigenvalue weighted by Gasteiger charge is 2.57. The van der Waals surface area contributed by atoms with E-state index in [-0.39, 0.29) is 42.2 Å². The van der Waals surface area contributed by atoms with Crippen LogP contribution in [-0.2, 0) is 16.2 Å². The SMILES string of the molecule is CNC(=O)c1cc(C(C)=O)cc(-c2cccc(CN3O[C@@H](CO)[C@@H]([C@H](C)O)[C@H]3C(=O)N[C@H]3C[C@H]4C[C@@H]([C@@H]3C)C4(C)C)c2OC)c1. The molecular formula is C35H47N3O7. The number of hydrogen-bond donors (Lipinski definition) is 4. The summed E-state index contributed by atoms with van der Waals surface area (Å²) < 4.78 is 5.90. The molecule has 4 fully saturated rings. The lowest BCUT2D eigenvalue weighted by Gasteiger charge is -2.62. The maximum atomic E-state index is 14.1. The summed E-state index contributed by atoms with van der Waals surface area (Å²) in [6.07, 6.45) is 0.427. The Morgan fingerprint density at radius 3 is 2.44 bits per heavy atom. The van der Waals surface area contributed by atoms with Gasteiger partial charge < -0.3 is 25.6 Å². The van der Waals surface area contributed by atoms with Crippen LogP contribution in [-0.4, -0.2) is 77.9 Å². The first-order valence-corrected chi connectivity index (χ1v) is 15.9. The summed E-state index contributed by atoms with van der Waals surface area (Å²) in [6.45, 7) is 9.69. The van der Waals surface area contributed by atoms with E-state index < -0.39 is 24.2 Å². The number of hydroxylamine groups is 2. The standard InChI is InChI=1S/C35H47N3O7/c1-18-27-14-25(35(27,4)5)15-28(18)37-34(43)31-30(20(3)41)29(17-39)45-38(31)16-21-9-8-10-26(32(21)44-7)23-11-22(19(2)40)12-24(13-23)33(42)36-6/h8-13,18,20,25,27-31,39,41H,14-17H2,1-7H3,(H,36,42)(H,37,43)/t18-,20-,25+,27-,28-,29-,30+,31-/m0/s1. The van der Waals surface area contributed by atoms with Crippen LogP contribution in [0.5, 0.6) is 5.75 Å². The van der Waals surface area contributed by atoms with E-state index in [1.807, 2.05) is 18.2 Å². The van der Waals surface area contributed by atoms with Gasteiger partial charge in [0.25, 0.3) is 5.91 Å². The highest BCUT2D eigenvalue weighted by Crippen LogP contribution is 2.61. The van der Waals surface area contributed by atoms with E-state index >= 15 is 0 Å². The van der Waals surface area contributed by atoms with Gasteiger partial charge in [0.2, 0.25) is 5.91 Å². The summed E-state index contributed by atoms with van der Waals surface area (Å²) in [6, 6.07) is 9.71. The minimum atomic E-state index is -0.912. The van der Waals surface area contributed by atoms with Crippen molar-refractivity contribution in [3.8, 4) is 16.9 Å². The molecule has 2 amide bonds. The summed E-state index contributed by atoms with van der Waals surface area (Å²) in [5.74, 6) is 0.551. The third-order valence-electron chi connectivity index (χ3n) is 10.8. The smallest absolute Gasteiger partial charge is 0.251 e. The number of aliphatic hydroxyl groups is 2. The Morgan fingerprint density at radius 1 is 1.16 bits per heavy atom. The van der Waals surface area contributed by atoms with Crippen LogP contribution in [0.25, 0.3) is 11.1 Å². The van der Waals surface area contributed by atoms with Crippen molar-refractivity contribution in [2.24, 2.45) is 29.1 Å². The molecule has 2 aromatic carbocycles. The summed E-state index contributed by atoms with van der Waals surface area (Å²) in [7, 11) is 3.07. The Morgan fingerprint density at radius 2 is 1.87 bits per heavy atom. The van der Waals surface area contributed by atoms with Crippen molar-refractivity contribution in [1.29, 1.82) is 0 Å². The van der Waals surface area contributed by atoms with E-state index in [1.165, 1.54) is 27.5 Å². The Hall–Kier alpha value is -3.31. The second-order valence-electron chi connectivity index (χ2n) is 13.7. The molecule has 0 aromatic heterocycles. The number of ether oxygens (including phenoxy) is 1. The number of nitrogens with zero attached hydrogens (tertiary/aromatic N) is 1. The number of hydrogen-bond acceptors (Lipinski definition) is 8. The number of benzene rings is 2. The molecule has 1 saturated heterocycles. The minimum absolute atomic E-state index is 0.0277. The van der Waals surface area contributed by atoms with E-state index in [4.69, 9.17) is 9.57 Å². The van der Waals surface area contributed by atoms with Gasteiger partial charge in [0, 0.05) is 41.3 Å². The van der Waals surface area contributed by atoms with Crippen molar-refractivity contribution in [3.05, 3.63) is 53.1 Å². The van der Waals surface area contributed by atoms with E-state index in [2.05, 4.69) is 31.4 Å². The lowest BCUT2D eigenvalue weighted by molar-refractivity contribution is -0.183. The number of carbonyl (C=O) groups excluding carboxylic acids is 3. The van der Waals surface area contributed by atoms with Crippen LogP contribution in [0.15, 0.2) is 36.4 Å². The summed E-state index contributed by atoms with van der Waals surface area (Å²) in [5, 5.41) is 28.5. The second kappa shape index (κ2) is 12.8. The molecule has 4 N–H and O–H groups in total. The summed E-state index contributed by atoms with van der Waals surface area (Å²) in [5.41, 5.74) is 2.99. The molecule has 0 radical (unpaired) electrons. The molecule has 4 aliphatic rings. The van der Waals surface area contributed by atoms with Gasteiger partial charge in [0.05, 0.1) is 26.4 Å². The van der Waals surface area contributed by atoms with Crippen molar-refractivity contribution in [2.45, 2.75) is 78.3 Å². The quantitative estimate of drug-likeness (QED) is 0.296. The summed E-state index contributed by atoms with van der Waals surface area (Å²) >= 11 is 0. The van der Waals surface area contributed by atoms with Crippen molar-refractivity contribution in [2.75, 3.05) is 20.8 Å². The molecule has 0 spiro atoms.